The monoisotopic (exact) mass is 222 g/mol. The van der Waals surface area contributed by atoms with E-state index in [1.54, 1.807) is 6.20 Å². The Labute approximate surface area is 96.0 Å². The molecule has 4 nitrogen and oxygen atoms in total. The molecule has 1 fully saturated rings. The first kappa shape index (κ1) is 11.5. The normalized spacial score (nSPS) is 22.9. The van der Waals surface area contributed by atoms with Crippen molar-refractivity contribution >= 4 is 0 Å². The molecule has 1 N–H and O–H groups in total. The van der Waals surface area contributed by atoms with E-state index >= 15 is 0 Å². The standard InChI is InChI=1S/C12H18N2O2/c1-13-11(12-9-15-5-6-16-12)7-10-3-2-4-14-8-10/h2-4,8,11-13H,5-7,9H2,1H3. The summed E-state index contributed by atoms with van der Waals surface area (Å²) in [5.74, 6) is 0. The molecule has 0 bridgehead atoms. The van der Waals surface area contributed by atoms with Crippen LogP contribution in [0.25, 0.3) is 0 Å². The van der Waals surface area contributed by atoms with Crippen LogP contribution in [0.15, 0.2) is 24.5 Å². The van der Waals surface area contributed by atoms with Crippen molar-refractivity contribution in [3.8, 4) is 0 Å². The summed E-state index contributed by atoms with van der Waals surface area (Å²) in [6.45, 7) is 2.07. The second kappa shape index (κ2) is 5.94. The fraction of sp³-hybridized carbons (Fsp3) is 0.583. The average molecular weight is 222 g/mol. The van der Waals surface area contributed by atoms with Crippen LogP contribution in [-0.2, 0) is 15.9 Å². The molecule has 4 heteroatoms. The molecule has 0 saturated carbocycles. The van der Waals surface area contributed by atoms with Gasteiger partial charge in [0.15, 0.2) is 0 Å². The van der Waals surface area contributed by atoms with Gasteiger partial charge in [-0.1, -0.05) is 6.07 Å². The van der Waals surface area contributed by atoms with Crippen LogP contribution in [0.3, 0.4) is 0 Å². The molecule has 1 aliphatic heterocycles. The van der Waals surface area contributed by atoms with Crippen LogP contribution in [0.5, 0.6) is 0 Å². The van der Waals surface area contributed by atoms with E-state index < -0.39 is 0 Å². The third kappa shape index (κ3) is 3.01. The molecule has 2 unspecified atom stereocenters. The van der Waals surface area contributed by atoms with Crippen LogP contribution < -0.4 is 5.32 Å². The topological polar surface area (TPSA) is 43.4 Å². The first-order valence-electron chi connectivity index (χ1n) is 5.65. The molecule has 88 valence electrons. The van der Waals surface area contributed by atoms with E-state index in [4.69, 9.17) is 9.47 Å². The quantitative estimate of drug-likeness (QED) is 0.811. The molecule has 0 amide bonds. The summed E-state index contributed by atoms with van der Waals surface area (Å²) < 4.78 is 11.1. The van der Waals surface area contributed by atoms with Gasteiger partial charge in [-0.05, 0) is 25.1 Å². The maximum absolute atomic E-state index is 5.70. The number of hydrogen-bond donors (Lipinski definition) is 1. The summed E-state index contributed by atoms with van der Waals surface area (Å²) in [4.78, 5) is 4.12. The molecule has 2 heterocycles. The fourth-order valence-electron chi connectivity index (χ4n) is 1.93. The van der Waals surface area contributed by atoms with Gasteiger partial charge in [0.25, 0.3) is 0 Å². The van der Waals surface area contributed by atoms with E-state index in [0.717, 1.165) is 6.42 Å². The average Bonchev–Trinajstić information content (AvgIpc) is 2.38. The van der Waals surface area contributed by atoms with Crippen molar-refractivity contribution in [1.29, 1.82) is 0 Å². The summed E-state index contributed by atoms with van der Waals surface area (Å²) in [6, 6.07) is 4.32. The van der Waals surface area contributed by atoms with Crippen molar-refractivity contribution in [2.24, 2.45) is 0 Å². The third-order valence-corrected chi connectivity index (χ3v) is 2.84. The Morgan fingerprint density at radius 2 is 2.50 bits per heavy atom. The van der Waals surface area contributed by atoms with Crippen molar-refractivity contribution < 1.29 is 9.47 Å². The van der Waals surface area contributed by atoms with Crippen LogP contribution in [-0.4, -0.2) is 44.0 Å². The SMILES string of the molecule is CNC(Cc1cccnc1)C1COCCO1. The summed E-state index contributed by atoms with van der Waals surface area (Å²) in [5, 5.41) is 3.29. The smallest absolute Gasteiger partial charge is 0.0965 e. The first-order chi connectivity index (χ1) is 7.90. The number of likely N-dealkylation sites (N-methyl/N-ethyl adjacent to an activating group) is 1. The Bertz CT molecular complexity index is 299. The van der Waals surface area contributed by atoms with Crippen LogP contribution in [0.2, 0.25) is 0 Å². The van der Waals surface area contributed by atoms with Gasteiger partial charge in [-0.3, -0.25) is 4.98 Å². The maximum Gasteiger partial charge on any atom is 0.0965 e. The molecule has 0 spiro atoms. The van der Waals surface area contributed by atoms with Crippen molar-refractivity contribution in [2.45, 2.75) is 18.6 Å². The largest absolute Gasteiger partial charge is 0.376 e. The van der Waals surface area contributed by atoms with Crippen LogP contribution >= 0.6 is 0 Å². The number of hydrogen-bond acceptors (Lipinski definition) is 4. The molecular formula is C12H18N2O2. The van der Waals surface area contributed by atoms with Crippen LogP contribution in [0.1, 0.15) is 5.56 Å². The first-order valence-corrected chi connectivity index (χ1v) is 5.65. The number of aromatic nitrogens is 1. The molecule has 1 aromatic rings. The van der Waals surface area contributed by atoms with Crippen LogP contribution in [0, 0.1) is 0 Å². The van der Waals surface area contributed by atoms with E-state index in [2.05, 4.69) is 16.4 Å². The zero-order valence-corrected chi connectivity index (χ0v) is 9.56. The van der Waals surface area contributed by atoms with Crippen molar-refractivity contribution in [3.63, 3.8) is 0 Å². The van der Waals surface area contributed by atoms with Crippen molar-refractivity contribution in [3.05, 3.63) is 30.1 Å². The molecule has 0 radical (unpaired) electrons. The maximum atomic E-state index is 5.70. The van der Waals surface area contributed by atoms with E-state index in [1.807, 2.05) is 19.3 Å². The highest BCUT2D eigenvalue weighted by atomic mass is 16.6. The highest BCUT2D eigenvalue weighted by Crippen LogP contribution is 2.10. The highest BCUT2D eigenvalue weighted by molar-refractivity contribution is 5.10. The Morgan fingerprint density at radius 3 is 3.12 bits per heavy atom. The Hall–Kier alpha value is -0.970. The predicted molar refractivity (Wildman–Crippen MR) is 61.3 cm³/mol. The lowest BCUT2D eigenvalue weighted by Crippen LogP contribution is -2.46. The Balaban J connectivity index is 1.94. The zero-order valence-electron chi connectivity index (χ0n) is 9.56. The van der Waals surface area contributed by atoms with Crippen LogP contribution in [0.4, 0.5) is 0 Å². The fourth-order valence-corrected chi connectivity index (χ4v) is 1.93. The minimum Gasteiger partial charge on any atom is -0.376 e. The number of nitrogens with one attached hydrogen (secondary N) is 1. The predicted octanol–water partition coefficient (Wildman–Crippen LogP) is 0.627. The molecule has 0 aromatic carbocycles. The van der Waals surface area contributed by atoms with E-state index in [9.17, 15) is 0 Å². The second-order valence-corrected chi connectivity index (χ2v) is 3.94. The number of rotatable bonds is 4. The van der Waals surface area contributed by atoms with Gasteiger partial charge < -0.3 is 14.8 Å². The van der Waals surface area contributed by atoms with Gasteiger partial charge in [-0.15, -0.1) is 0 Å². The van der Waals surface area contributed by atoms with Crippen molar-refractivity contribution in [2.75, 3.05) is 26.9 Å². The van der Waals surface area contributed by atoms with E-state index in [1.165, 1.54) is 5.56 Å². The molecule has 1 aromatic heterocycles. The molecule has 2 atom stereocenters. The zero-order chi connectivity index (χ0) is 11.2. The molecule has 2 rings (SSSR count). The minimum absolute atomic E-state index is 0.138. The summed E-state index contributed by atoms with van der Waals surface area (Å²) in [6.07, 6.45) is 4.74. The molecule has 1 saturated heterocycles. The second-order valence-electron chi connectivity index (χ2n) is 3.94. The minimum atomic E-state index is 0.138. The Morgan fingerprint density at radius 1 is 1.56 bits per heavy atom. The molecule has 0 aliphatic carbocycles. The molecule has 1 aliphatic rings. The summed E-state index contributed by atoms with van der Waals surface area (Å²) in [5.41, 5.74) is 1.22. The number of nitrogens with zero attached hydrogens (tertiary/aromatic N) is 1. The van der Waals surface area contributed by atoms with Gasteiger partial charge in [0.2, 0.25) is 0 Å². The third-order valence-electron chi connectivity index (χ3n) is 2.84. The van der Waals surface area contributed by atoms with Gasteiger partial charge in [0.05, 0.1) is 25.9 Å². The van der Waals surface area contributed by atoms with Gasteiger partial charge in [-0.2, -0.15) is 0 Å². The van der Waals surface area contributed by atoms with Gasteiger partial charge >= 0.3 is 0 Å². The van der Waals surface area contributed by atoms with Gasteiger partial charge in [-0.25, -0.2) is 0 Å². The summed E-state index contributed by atoms with van der Waals surface area (Å²) in [7, 11) is 1.96. The lowest BCUT2D eigenvalue weighted by Gasteiger charge is -2.30. The number of ether oxygens (including phenoxy) is 2. The highest BCUT2D eigenvalue weighted by Gasteiger charge is 2.23. The van der Waals surface area contributed by atoms with Gasteiger partial charge in [0, 0.05) is 18.4 Å². The lowest BCUT2D eigenvalue weighted by molar-refractivity contribution is -0.100. The molecule has 16 heavy (non-hydrogen) atoms. The van der Waals surface area contributed by atoms with E-state index in [0.29, 0.717) is 19.8 Å². The lowest BCUT2D eigenvalue weighted by atomic mass is 10.0. The van der Waals surface area contributed by atoms with Gasteiger partial charge in [0.1, 0.15) is 0 Å². The Kier molecular flexibility index (Phi) is 4.27. The van der Waals surface area contributed by atoms with E-state index in [-0.39, 0.29) is 12.1 Å². The molecular weight excluding hydrogens is 204 g/mol. The van der Waals surface area contributed by atoms with Crippen molar-refractivity contribution in [1.82, 2.24) is 10.3 Å². The number of pyridine rings is 1. The summed E-state index contributed by atoms with van der Waals surface area (Å²) >= 11 is 0.